The molecule has 0 saturated heterocycles. The Morgan fingerprint density at radius 3 is 1.67 bits per heavy atom. The molecule has 258 valence electrons. The molecule has 55 heavy (non-hydrogen) atoms. The molecule has 3 heteroatoms. The van der Waals surface area contributed by atoms with Gasteiger partial charge in [0.05, 0.1) is 11.4 Å². The van der Waals surface area contributed by atoms with Crippen LogP contribution in [0.4, 0.5) is 34.1 Å². The van der Waals surface area contributed by atoms with Gasteiger partial charge in [-0.05, 0) is 112 Å². The summed E-state index contributed by atoms with van der Waals surface area (Å²) in [6.45, 7) is 0. The van der Waals surface area contributed by atoms with Crippen LogP contribution < -0.4 is 9.80 Å². The lowest BCUT2D eigenvalue weighted by molar-refractivity contribution is 1.28. The van der Waals surface area contributed by atoms with Gasteiger partial charge in [-0.25, -0.2) is 0 Å². The number of para-hydroxylation sites is 2. The molecule has 0 amide bonds. The number of fused-ring (bicyclic) bond motifs is 5. The zero-order valence-electron chi connectivity index (χ0n) is 29.9. The largest absolute Gasteiger partial charge is 0.311 e. The average Bonchev–Trinajstić information content (AvgIpc) is 3.63. The molecule has 1 aromatic heterocycles. The molecule has 0 spiro atoms. The van der Waals surface area contributed by atoms with Crippen LogP contribution in [0.15, 0.2) is 206 Å². The second-order valence-corrected chi connectivity index (χ2v) is 15.2. The zero-order chi connectivity index (χ0) is 36.3. The lowest BCUT2D eigenvalue weighted by atomic mass is 9.91. The molecule has 0 bridgehead atoms. The topological polar surface area (TPSA) is 6.48 Å². The van der Waals surface area contributed by atoms with Gasteiger partial charge in [-0.1, -0.05) is 127 Å². The second kappa shape index (κ2) is 12.9. The summed E-state index contributed by atoms with van der Waals surface area (Å²) >= 11 is 1.86. The van der Waals surface area contributed by atoms with Gasteiger partial charge in [0.25, 0.3) is 0 Å². The van der Waals surface area contributed by atoms with Crippen molar-refractivity contribution in [3.63, 3.8) is 0 Å². The first-order valence-corrected chi connectivity index (χ1v) is 19.6. The van der Waals surface area contributed by atoms with Gasteiger partial charge < -0.3 is 9.80 Å². The Morgan fingerprint density at radius 2 is 0.909 bits per heavy atom. The minimum atomic E-state index is 1.11. The summed E-state index contributed by atoms with van der Waals surface area (Å²) in [7, 11) is 0. The van der Waals surface area contributed by atoms with E-state index in [4.69, 9.17) is 0 Å². The van der Waals surface area contributed by atoms with E-state index in [1.807, 2.05) is 11.3 Å². The van der Waals surface area contributed by atoms with Crippen LogP contribution in [-0.2, 0) is 0 Å². The maximum atomic E-state index is 2.41. The highest BCUT2D eigenvalue weighted by Crippen LogP contribution is 2.51. The number of hydrogen-bond acceptors (Lipinski definition) is 3. The molecule has 0 fully saturated rings. The number of benzene rings is 9. The van der Waals surface area contributed by atoms with Crippen LogP contribution in [0.3, 0.4) is 0 Å². The number of nitrogens with zero attached hydrogens (tertiary/aromatic N) is 2. The summed E-state index contributed by atoms with van der Waals surface area (Å²) in [5, 5.41) is 5.21. The molecule has 0 radical (unpaired) electrons. The van der Waals surface area contributed by atoms with Gasteiger partial charge >= 0.3 is 0 Å². The first-order chi connectivity index (χ1) is 27.3. The van der Waals surface area contributed by atoms with Gasteiger partial charge in [0.1, 0.15) is 0 Å². The quantitative estimate of drug-likeness (QED) is 0.169. The Labute approximate surface area is 324 Å². The Balaban J connectivity index is 0.908. The molecule has 0 atom stereocenters. The van der Waals surface area contributed by atoms with Crippen molar-refractivity contribution in [1.82, 2.24) is 0 Å². The molecule has 0 N–H and O–H groups in total. The number of thiophene rings is 1. The maximum absolute atomic E-state index is 2.41. The van der Waals surface area contributed by atoms with Crippen molar-refractivity contribution >= 4 is 76.4 Å². The smallest absolute Gasteiger partial charge is 0.0546 e. The summed E-state index contributed by atoms with van der Waals surface area (Å²) in [6, 6.07) is 75.1. The van der Waals surface area contributed by atoms with Gasteiger partial charge in [0, 0.05) is 53.9 Å². The lowest BCUT2D eigenvalue weighted by Crippen LogP contribution is -2.14. The van der Waals surface area contributed by atoms with Crippen molar-refractivity contribution in [2.45, 2.75) is 0 Å². The first kappa shape index (κ1) is 31.6. The van der Waals surface area contributed by atoms with Crippen molar-refractivity contribution in [2.75, 3.05) is 9.80 Å². The molecule has 0 unspecified atom stereocenters. The maximum Gasteiger partial charge on any atom is 0.0546 e. The van der Waals surface area contributed by atoms with Crippen LogP contribution in [0, 0.1) is 0 Å². The van der Waals surface area contributed by atoms with Crippen molar-refractivity contribution in [1.29, 1.82) is 0 Å². The molecular formula is C52H34N2S. The van der Waals surface area contributed by atoms with E-state index in [0.717, 1.165) is 22.7 Å². The van der Waals surface area contributed by atoms with E-state index in [1.165, 1.54) is 75.7 Å². The standard InChI is InChI=1S/C52H34N2S/c1-2-12-40(13-3-1)53(42-29-24-37(25-30-42)39-26-33-51-47(34-39)45-15-5-7-19-50(45)55-51)41-27-20-35(21-28-41)36-22-31-43(32-23-36)54-48-17-6-4-14-44(48)46-16-8-10-38-11-9-18-49(54)52(38)46/h1-34H. The lowest BCUT2D eigenvalue weighted by Gasteiger charge is -2.33. The van der Waals surface area contributed by atoms with E-state index in [9.17, 15) is 0 Å². The van der Waals surface area contributed by atoms with E-state index in [2.05, 4.69) is 216 Å². The predicted octanol–water partition coefficient (Wildman–Crippen LogP) is 15.5. The van der Waals surface area contributed by atoms with Crippen LogP contribution in [0.5, 0.6) is 0 Å². The fourth-order valence-electron chi connectivity index (χ4n) is 8.38. The highest BCUT2D eigenvalue weighted by Gasteiger charge is 2.25. The molecule has 0 aliphatic carbocycles. The van der Waals surface area contributed by atoms with Crippen LogP contribution in [-0.4, -0.2) is 0 Å². The van der Waals surface area contributed by atoms with E-state index in [1.54, 1.807) is 0 Å². The van der Waals surface area contributed by atoms with Crippen LogP contribution in [0.25, 0.3) is 64.3 Å². The third-order valence-corrected chi connectivity index (χ3v) is 12.1. The first-order valence-electron chi connectivity index (χ1n) is 18.8. The molecule has 1 aliphatic heterocycles. The summed E-state index contributed by atoms with van der Waals surface area (Å²) in [5.41, 5.74) is 14.3. The normalized spacial score (nSPS) is 12.0. The predicted molar refractivity (Wildman–Crippen MR) is 236 cm³/mol. The molecule has 1 aliphatic rings. The number of rotatable bonds is 6. The van der Waals surface area contributed by atoms with E-state index in [0.29, 0.717) is 0 Å². The highest BCUT2D eigenvalue weighted by atomic mass is 32.1. The minimum absolute atomic E-state index is 1.11. The fourth-order valence-corrected chi connectivity index (χ4v) is 9.46. The van der Waals surface area contributed by atoms with Gasteiger partial charge in [-0.2, -0.15) is 0 Å². The summed E-state index contributed by atoms with van der Waals surface area (Å²) in [4.78, 5) is 4.74. The summed E-state index contributed by atoms with van der Waals surface area (Å²) < 4.78 is 2.66. The van der Waals surface area contributed by atoms with Crippen molar-refractivity contribution in [3.8, 4) is 33.4 Å². The Morgan fingerprint density at radius 1 is 0.364 bits per heavy atom. The van der Waals surface area contributed by atoms with E-state index < -0.39 is 0 Å². The Bertz CT molecular complexity index is 3010. The third kappa shape index (κ3) is 5.32. The molecule has 10 aromatic rings. The number of hydrogen-bond donors (Lipinski definition) is 0. The average molecular weight is 719 g/mol. The molecule has 2 nitrogen and oxygen atoms in total. The van der Waals surface area contributed by atoms with Crippen molar-refractivity contribution < 1.29 is 0 Å². The monoisotopic (exact) mass is 718 g/mol. The third-order valence-electron chi connectivity index (χ3n) is 11.0. The van der Waals surface area contributed by atoms with Crippen LogP contribution >= 0.6 is 11.3 Å². The van der Waals surface area contributed by atoms with Gasteiger partial charge in [0.2, 0.25) is 0 Å². The molecule has 0 saturated carbocycles. The Kier molecular flexibility index (Phi) is 7.39. The van der Waals surface area contributed by atoms with E-state index >= 15 is 0 Å². The summed E-state index contributed by atoms with van der Waals surface area (Å²) in [5.74, 6) is 0. The molecular weight excluding hydrogens is 685 g/mol. The molecule has 2 heterocycles. The van der Waals surface area contributed by atoms with Gasteiger partial charge in [-0.15, -0.1) is 11.3 Å². The van der Waals surface area contributed by atoms with Gasteiger partial charge in [-0.3, -0.25) is 0 Å². The van der Waals surface area contributed by atoms with Crippen LogP contribution in [0.2, 0.25) is 0 Å². The van der Waals surface area contributed by atoms with Gasteiger partial charge in [0.15, 0.2) is 0 Å². The SMILES string of the molecule is c1ccc(N(c2ccc(-c3ccc(N4c5ccccc5-c5cccc6cccc4c56)cc3)cc2)c2ccc(-c3ccc4sc5ccccc5c4c3)cc2)cc1. The minimum Gasteiger partial charge on any atom is -0.311 e. The number of anilines is 6. The van der Waals surface area contributed by atoms with Crippen molar-refractivity contribution in [3.05, 3.63) is 206 Å². The summed E-state index contributed by atoms with van der Waals surface area (Å²) in [6.07, 6.45) is 0. The Hall–Kier alpha value is -6.94. The fraction of sp³-hybridized carbons (Fsp3) is 0. The van der Waals surface area contributed by atoms with Crippen LogP contribution in [0.1, 0.15) is 0 Å². The highest BCUT2D eigenvalue weighted by molar-refractivity contribution is 7.25. The second-order valence-electron chi connectivity index (χ2n) is 14.2. The molecule has 11 rings (SSSR count). The van der Waals surface area contributed by atoms with Crippen molar-refractivity contribution in [2.24, 2.45) is 0 Å². The van der Waals surface area contributed by atoms with E-state index in [-0.39, 0.29) is 0 Å². The zero-order valence-corrected chi connectivity index (χ0v) is 30.7. The molecule has 9 aromatic carbocycles.